The Labute approximate surface area is 201 Å². The Morgan fingerprint density at radius 3 is 2.46 bits per heavy atom. The number of aromatic nitrogens is 2. The number of hydrogen-bond acceptors (Lipinski definition) is 6. The van der Waals surface area contributed by atoms with E-state index >= 15 is 0 Å². The molecule has 2 fully saturated rings. The molecule has 0 radical (unpaired) electrons. The summed E-state index contributed by atoms with van der Waals surface area (Å²) in [6.07, 6.45) is 0.532. The maximum absolute atomic E-state index is 13.3. The lowest BCUT2D eigenvalue weighted by Gasteiger charge is -2.42. The van der Waals surface area contributed by atoms with Crippen molar-refractivity contribution >= 4 is 23.0 Å². The summed E-state index contributed by atoms with van der Waals surface area (Å²) in [5, 5.41) is 2.57. The number of rotatable bonds is 4. The van der Waals surface area contributed by atoms with E-state index in [2.05, 4.69) is 25.1 Å². The number of nitrogens with one attached hydrogen (secondary N) is 1. The summed E-state index contributed by atoms with van der Waals surface area (Å²) in [5.41, 5.74) is 1.90. The van der Waals surface area contributed by atoms with E-state index in [0.717, 1.165) is 37.2 Å². The third-order valence-electron chi connectivity index (χ3n) is 7.24. The van der Waals surface area contributed by atoms with Crippen LogP contribution in [0.15, 0.2) is 36.2 Å². The average Bonchev–Trinajstić information content (AvgIpc) is 3.03. The number of fused-ring (bicyclic) bond motifs is 3. The molecule has 184 valence electrons. The summed E-state index contributed by atoms with van der Waals surface area (Å²) in [5.74, 6) is -1.12. The molecule has 3 aliphatic rings. The summed E-state index contributed by atoms with van der Waals surface area (Å²) < 4.78 is 39.9. The van der Waals surface area contributed by atoms with Gasteiger partial charge in [0.2, 0.25) is 0 Å². The zero-order chi connectivity index (χ0) is 24.9. The Hall–Kier alpha value is -3.27. The van der Waals surface area contributed by atoms with Gasteiger partial charge in [-0.1, -0.05) is 6.07 Å². The summed E-state index contributed by atoms with van der Waals surface area (Å²) in [7, 11) is 1.57. The highest BCUT2D eigenvalue weighted by Crippen LogP contribution is 2.38. The first-order valence-electron chi connectivity index (χ1n) is 11.6. The SMILES string of the molecule is CNC(=O)c1ccc(N2CC3CCC(C2)N3Cc2cnc3c(c2)CC(=O)C(C(F)(F)F)=C3C)cn1. The van der Waals surface area contributed by atoms with Crippen molar-refractivity contribution in [2.45, 2.75) is 51.0 Å². The van der Waals surface area contributed by atoms with Gasteiger partial charge in [-0.2, -0.15) is 13.2 Å². The number of alkyl halides is 3. The van der Waals surface area contributed by atoms with E-state index in [9.17, 15) is 22.8 Å². The molecule has 5 rings (SSSR count). The van der Waals surface area contributed by atoms with Gasteiger partial charge in [-0.3, -0.25) is 19.5 Å². The van der Waals surface area contributed by atoms with Crippen LogP contribution in [0.25, 0.3) is 5.57 Å². The molecule has 0 spiro atoms. The van der Waals surface area contributed by atoms with E-state index in [-0.39, 0.29) is 23.6 Å². The second kappa shape index (κ2) is 8.75. The van der Waals surface area contributed by atoms with Gasteiger partial charge in [-0.15, -0.1) is 0 Å². The molecule has 2 aliphatic heterocycles. The molecule has 2 unspecified atom stereocenters. The molecule has 2 aromatic rings. The molecule has 1 amide bonds. The lowest BCUT2D eigenvalue weighted by Crippen LogP contribution is -2.53. The number of halogens is 3. The maximum Gasteiger partial charge on any atom is 0.420 e. The molecule has 35 heavy (non-hydrogen) atoms. The number of carbonyl (C=O) groups is 2. The van der Waals surface area contributed by atoms with Crippen molar-refractivity contribution in [2.75, 3.05) is 25.0 Å². The van der Waals surface area contributed by atoms with Crippen LogP contribution >= 0.6 is 0 Å². The van der Waals surface area contributed by atoms with Gasteiger partial charge in [0.1, 0.15) is 11.3 Å². The second-order valence-corrected chi connectivity index (χ2v) is 9.39. The van der Waals surface area contributed by atoms with Gasteiger partial charge in [0.15, 0.2) is 5.78 Å². The van der Waals surface area contributed by atoms with Gasteiger partial charge in [-0.25, -0.2) is 4.98 Å². The lowest BCUT2D eigenvalue weighted by atomic mass is 9.88. The first-order valence-corrected chi connectivity index (χ1v) is 11.6. The van der Waals surface area contributed by atoms with E-state index in [1.807, 2.05) is 12.1 Å². The number of Topliss-reactive ketones (excluding diaryl/α,β-unsaturated/α-hetero) is 1. The van der Waals surface area contributed by atoms with Crippen molar-refractivity contribution in [3.63, 3.8) is 0 Å². The summed E-state index contributed by atoms with van der Waals surface area (Å²) >= 11 is 0. The number of piperazine rings is 1. The molecule has 10 heteroatoms. The quantitative estimate of drug-likeness (QED) is 0.717. The minimum atomic E-state index is -4.67. The van der Waals surface area contributed by atoms with Crippen LogP contribution in [-0.2, 0) is 17.8 Å². The van der Waals surface area contributed by atoms with Gasteiger partial charge < -0.3 is 10.2 Å². The van der Waals surface area contributed by atoms with Gasteiger partial charge in [-0.05, 0) is 48.6 Å². The molecule has 0 aromatic carbocycles. The van der Waals surface area contributed by atoms with Crippen LogP contribution in [0.2, 0.25) is 0 Å². The van der Waals surface area contributed by atoms with Gasteiger partial charge >= 0.3 is 6.18 Å². The van der Waals surface area contributed by atoms with Crippen molar-refractivity contribution in [3.8, 4) is 0 Å². The second-order valence-electron chi connectivity index (χ2n) is 9.39. The highest BCUT2D eigenvalue weighted by molar-refractivity contribution is 6.07. The fourth-order valence-electron chi connectivity index (χ4n) is 5.58. The topological polar surface area (TPSA) is 78.4 Å². The Bertz CT molecular complexity index is 1190. The van der Waals surface area contributed by atoms with Gasteiger partial charge in [0, 0.05) is 51.4 Å². The van der Waals surface area contributed by atoms with Crippen LogP contribution in [0.4, 0.5) is 18.9 Å². The van der Waals surface area contributed by atoms with Crippen molar-refractivity contribution in [1.82, 2.24) is 20.2 Å². The van der Waals surface area contributed by atoms with Crippen LogP contribution < -0.4 is 10.2 Å². The predicted molar refractivity (Wildman–Crippen MR) is 124 cm³/mol. The number of amides is 1. The maximum atomic E-state index is 13.3. The number of allylic oxidation sites excluding steroid dienone is 2. The Morgan fingerprint density at radius 2 is 1.86 bits per heavy atom. The lowest BCUT2D eigenvalue weighted by molar-refractivity contribution is -0.128. The number of pyridine rings is 2. The van der Waals surface area contributed by atoms with E-state index in [1.165, 1.54) is 6.92 Å². The minimum Gasteiger partial charge on any atom is -0.367 e. The number of nitrogens with zero attached hydrogens (tertiary/aromatic N) is 4. The molecule has 2 aromatic heterocycles. The smallest absolute Gasteiger partial charge is 0.367 e. The number of carbonyl (C=O) groups excluding carboxylic acids is 2. The molecular weight excluding hydrogens is 459 g/mol. The zero-order valence-electron chi connectivity index (χ0n) is 19.5. The summed E-state index contributed by atoms with van der Waals surface area (Å²) in [4.78, 5) is 37.3. The highest BCUT2D eigenvalue weighted by Gasteiger charge is 2.43. The van der Waals surface area contributed by atoms with Crippen LogP contribution in [0, 0.1) is 0 Å². The third-order valence-corrected chi connectivity index (χ3v) is 7.24. The first kappa shape index (κ1) is 23.5. The number of ketones is 1. The minimum absolute atomic E-state index is 0.0972. The predicted octanol–water partition coefficient (Wildman–Crippen LogP) is 3.15. The monoisotopic (exact) mass is 485 g/mol. The molecule has 2 bridgehead atoms. The van der Waals surface area contributed by atoms with Crippen molar-refractivity contribution in [3.05, 3.63) is 58.7 Å². The molecule has 7 nitrogen and oxygen atoms in total. The van der Waals surface area contributed by atoms with E-state index in [0.29, 0.717) is 29.9 Å². The molecule has 0 saturated carbocycles. The molecule has 1 aliphatic carbocycles. The third kappa shape index (κ3) is 4.31. The van der Waals surface area contributed by atoms with Gasteiger partial charge in [0.25, 0.3) is 5.91 Å². The first-order chi connectivity index (χ1) is 16.7. The normalized spacial score (nSPS) is 22.4. The molecule has 2 saturated heterocycles. The van der Waals surface area contributed by atoms with Crippen molar-refractivity contribution in [1.29, 1.82) is 0 Å². The fraction of sp³-hybridized carbons (Fsp3) is 0.440. The van der Waals surface area contributed by atoms with Crippen LogP contribution in [0.1, 0.15) is 47.1 Å². The van der Waals surface area contributed by atoms with Crippen molar-refractivity contribution < 1.29 is 22.8 Å². The van der Waals surface area contributed by atoms with Crippen LogP contribution in [-0.4, -0.2) is 65.0 Å². The fourth-order valence-corrected chi connectivity index (χ4v) is 5.58. The molecule has 1 N–H and O–H groups in total. The zero-order valence-corrected chi connectivity index (χ0v) is 19.5. The van der Waals surface area contributed by atoms with Crippen molar-refractivity contribution in [2.24, 2.45) is 0 Å². The molecule has 2 atom stereocenters. The molecular formula is C25H26F3N5O2. The summed E-state index contributed by atoms with van der Waals surface area (Å²) in [6.45, 7) is 3.61. The van der Waals surface area contributed by atoms with E-state index in [1.54, 1.807) is 25.5 Å². The van der Waals surface area contributed by atoms with E-state index in [4.69, 9.17) is 0 Å². The number of anilines is 1. The van der Waals surface area contributed by atoms with Crippen LogP contribution in [0.3, 0.4) is 0 Å². The Kier molecular flexibility index (Phi) is 5.86. The standard InChI is InChI=1S/C25H26F3N5O2/c1-14-22(25(26,27)28)21(34)8-16-7-15(9-31-23(14)16)11-33-18-3-4-19(33)13-32(12-18)17-5-6-20(30-10-17)24(35)29-2/h5-7,9-10,18-19H,3-4,8,11-13H2,1-2H3,(H,29,35). The van der Waals surface area contributed by atoms with Gasteiger partial charge in [0.05, 0.1) is 17.6 Å². The Morgan fingerprint density at radius 1 is 1.14 bits per heavy atom. The number of hydrogen-bond donors (Lipinski definition) is 1. The Balaban J connectivity index is 1.31. The average molecular weight is 486 g/mol. The van der Waals surface area contributed by atoms with E-state index < -0.39 is 17.5 Å². The molecule has 4 heterocycles. The largest absolute Gasteiger partial charge is 0.420 e. The highest BCUT2D eigenvalue weighted by atomic mass is 19.4. The van der Waals surface area contributed by atoms with Crippen LogP contribution in [0.5, 0.6) is 0 Å². The summed E-state index contributed by atoms with van der Waals surface area (Å²) in [6, 6.07) is 6.13.